The van der Waals surface area contributed by atoms with Crippen LogP contribution in [0.25, 0.3) is 11.1 Å². The first-order chi connectivity index (χ1) is 10.8. The fraction of sp³-hybridized carbons (Fsp3) is 0.278. The van der Waals surface area contributed by atoms with Crippen molar-refractivity contribution in [1.29, 1.82) is 0 Å². The molecule has 1 aliphatic rings. The molecular formula is C18H20N2O2. The molecule has 1 saturated heterocycles. The molecule has 0 bridgehead atoms. The van der Waals surface area contributed by atoms with Crippen LogP contribution in [0.1, 0.15) is 5.56 Å². The first-order valence-corrected chi connectivity index (χ1v) is 7.57. The Morgan fingerprint density at radius 1 is 1.14 bits per heavy atom. The molecule has 0 radical (unpaired) electrons. The molecule has 0 spiro atoms. The maximum atomic E-state index is 12.1. The third-order valence-electron chi connectivity index (χ3n) is 3.72. The quantitative estimate of drug-likeness (QED) is 0.907. The molecule has 4 heteroatoms. The lowest BCUT2D eigenvalue weighted by Crippen LogP contribution is -2.47. The van der Waals surface area contributed by atoms with Gasteiger partial charge in [-0.15, -0.1) is 0 Å². The molecule has 2 N–H and O–H groups in total. The van der Waals surface area contributed by atoms with Crippen LogP contribution in [0.2, 0.25) is 0 Å². The summed E-state index contributed by atoms with van der Waals surface area (Å²) in [5.41, 5.74) is 3.41. The maximum absolute atomic E-state index is 12.1. The van der Waals surface area contributed by atoms with Crippen molar-refractivity contribution >= 4 is 5.91 Å². The van der Waals surface area contributed by atoms with E-state index in [2.05, 4.69) is 34.9 Å². The first-order valence-electron chi connectivity index (χ1n) is 7.57. The van der Waals surface area contributed by atoms with Crippen molar-refractivity contribution in [3.63, 3.8) is 0 Å². The van der Waals surface area contributed by atoms with Gasteiger partial charge in [0.15, 0.2) is 0 Å². The van der Waals surface area contributed by atoms with Crippen molar-refractivity contribution in [2.24, 2.45) is 0 Å². The molecule has 0 saturated carbocycles. The van der Waals surface area contributed by atoms with Crippen molar-refractivity contribution in [2.45, 2.75) is 12.6 Å². The summed E-state index contributed by atoms with van der Waals surface area (Å²) in [7, 11) is 0. The van der Waals surface area contributed by atoms with Crippen LogP contribution in [0, 0.1) is 0 Å². The fourth-order valence-electron chi connectivity index (χ4n) is 2.53. The second-order valence-corrected chi connectivity index (χ2v) is 5.35. The molecule has 4 nitrogen and oxygen atoms in total. The highest BCUT2D eigenvalue weighted by Crippen LogP contribution is 2.19. The Labute approximate surface area is 130 Å². The average molecular weight is 296 g/mol. The van der Waals surface area contributed by atoms with Gasteiger partial charge in [0.05, 0.1) is 6.61 Å². The monoisotopic (exact) mass is 296 g/mol. The fourth-order valence-corrected chi connectivity index (χ4v) is 2.53. The van der Waals surface area contributed by atoms with Crippen molar-refractivity contribution in [1.82, 2.24) is 10.6 Å². The second-order valence-electron chi connectivity index (χ2n) is 5.35. The van der Waals surface area contributed by atoms with E-state index in [0.29, 0.717) is 19.7 Å². The zero-order valence-electron chi connectivity index (χ0n) is 12.4. The lowest BCUT2D eigenvalue weighted by atomic mass is 10.0. The van der Waals surface area contributed by atoms with Crippen LogP contribution < -0.4 is 10.6 Å². The second kappa shape index (κ2) is 7.20. The van der Waals surface area contributed by atoms with Gasteiger partial charge in [0.25, 0.3) is 5.91 Å². The highest BCUT2D eigenvalue weighted by Gasteiger charge is 2.21. The zero-order chi connectivity index (χ0) is 15.2. The number of benzene rings is 2. The van der Waals surface area contributed by atoms with E-state index in [1.165, 1.54) is 5.56 Å². The summed E-state index contributed by atoms with van der Waals surface area (Å²) in [5.74, 6) is -0.0580. The predicted octanol–water partition coefficient (Wildman–Crippen LogP) is 1.96. The normalized spacial score (nSPS) is 17.9. The molecule has 22 heavy (non-hydrogen) atoms. The lowest BCUT2D eigenvalue weighted by molar-refractivity contribution is -0.134. The zero-order valence-corrected chi connectivity index (χ0v) is 12.4. The molecule has 2 aromatic carbocycles. The minimum absolute atomic E-state index is 0.0580. The summed E-state index contributed by atoms with van der Waals surface area (Å²) in [6.07, 6.45) is -0.383. The summed E-state index contributed by atoms with van der Waals surface area (Å²) in [6, 6.07) is 18.4. The molecule has 1 amide bonds. The van der Waals surface area contributed by atoms with Gasteiger partial charge in [-0.05, 0) is 22.8 Å². The predicted molar refractivity (Wildman–Crippen MR) is 86.3 cm³/mol. The van der Waals surface area contributed by atoms with Crippen LogP contribution in [0.3, 0.4) is 0 Å². The third kappa shape index (κ3) is 3.72. The van der Waals surface area contributed by atoms with Gasteiger partial charge in [0, 0.05) is 19.6 Å². The Morgan fingerprint density at radius 2 is 1.95 bits per heavy atom. The van der Waals surface area contributed by atoms with Crippen LogP contribution in [-0.4, -0.2) is 31.7 Å². The molecule has 1 unspecified atom stereocenters. The average Bonchev–Trinajstić information content (AvgIpc) is 2.61. The summed E-state index contributed by atoms with van der Waals surface area (Å²) >= 11 is 0. The Hall–Kier alpha value is -2.17. The first kappa shape index (κ1) is 14.8. The Balaban J connectivity index is 1.62. The topological polar surface area (TPSA) is 50.4 Å². The molecule has 1 heterocycles. The largest absolute Gasteiger partial charge is 0.366 e. The molecule has 1 fully saturated rings. The molecular weight excluding hydrogens is 276 g/mol. The lowest BCUT2D eigenvalue weighted by Gasteiger charge is -2.22. The van der Waals surface area contributed by atoms with Gasteiger partial charge in [0.1, 0.15) is 6.10 Å². The van der Waals surface area contributed by atoms with Gasteiger partial charge in [0.2, 0.25) is 0 Å². The summed E-state index contributed by atoms with van der Waals surface area (Å²) in [4.78, 5) is 12.1. The van der Waals surface area contributed by atoms with Gasteiger partial charge in [-0.1, -0.05) is 48.5 Å². The number of nitrogens with one attached hydrogen (secondary N) is 2. The SMILES string of the molecule is O=C(NCc1cccc(-c2ccccc2)c1)C1CNCCO1. The van der Waals surface area contributed by atoms with E-state index < -0.39 is 0 Å². The number of morpholine rings is 1. The number of carbonyl (C=O) groups excluding carboxylic acids is 1. The van der Waals surface area contributed by atoms with E-state index in [0.717, 1.165) is 17.7 Å². The minimum Gasteiger partial charge on any atom is -0.366 e. The van der Waals surface area contributed by atoms with E-state index in [-0.39, 0.29) is 12.0 Å². The van der Waals surface area contributed by atoms with E-state index in [9.17, 15) is 4.79 Å². The Bertz CT molecular complexity index is 622. The van der Waals surface area contributed by atoms with Crippen molar-refractivity contribution in [3.05, 3.63) is 60.2 Å². The van der Waals surface area contributed by atoms with E-state index in [1.807, 2.05) is 30.3 Å². The van der Waals surface area contributed by atoms with Crippen molar-refractivity contribution in [2.75, 3.05) is 19.7 Å². The van der Waals surface area contributed by atoms with E-state index >= 15 is 0 Å². The van der Waals surface area contributed by atoms with Crippen LogP contribution >= 0.6 is 0 Å². The van der Waals surface area contributed by atoms with Gasteiger partial charge in [-0.3, -0.25) is 4.79 Å². The van der Waals surface area contributed by atoms with Crippen LogP contribution in [0.5, 0.6) is 0 Å². The third-order valence-corrected chi connectivity index (χ3v) is 3.72. The summed E-state index contributed by atoms with van der Waals surface area (Å²) in [5, 5.41) is 6.10. The smallest absolute Gasteiger partial charge is 0.250 e. The van der Waals surface area contributed by atoms with Crippen molar-refractivity contribution < 1.29 is 9.53 Å². The highest BCUT2D eigenvalue weighted by atomic mass is 16.5. The van der Waals surface area contributed by atoms with E-state index in [4.69, 9.17) is 4.74 Å². The van der Waals surface area contributed by atoms with Crippen LogP contribution in [-0.2, 0) is 16.1 Å². The molecule has 1 aliphatic heterocycles. The van der Waals surface area contributed by atoms with Gasteiger partial charge in [-0.2, -0.15) is 0 Å². The number of hydrogen-bond acceptors (Lipinski definition) is 3. The molecule has 1 atom stereocenters. The Morgan fingerprint density at radius 3 is 2.73 bits per heavy atom. The molecule has 114 valence electrons. The molecule has 0 aromatic heterocycles. The highest BCUT2D eigenvalue weighted by molar-refractivity contribution is 5.81. The van der Waals surface area contributed by atoms with Gasteiger partial charge < -0.3 is 15.4 Å². The van der Waals surface area contributed by atoms with Gasteiger partial charge in [-0.25, -0.2) is 0 Å². The molecule has 2 aromatic rings. The summed E-state index contributed by atoms with van der Waals surface area (Å²) in [6.45, 7) is 2.49. The maximum Gasteiger partial charge on any atom is 0.250 e. The van der Waals surface area contributed by atoms with Gasteiger partial charge >= 0.3 is 0 Å². The number of rotatable bonds is 4. The minimum atomic E-state index is -0.383. The summed E-state index contributed by atoms with van der Waals surface area (Å²) < 4.78 is 5.45. The molecule has 3 rings (SSSR count). The van der Waals surface area contributed by atoms with E-state index in [1.54, 1.807) is 0 Å². The number of amides is 1. The number of hydrogen-bond donors (Lipinski definition) is 2. The van der Waals surface area contributed by atoms with Crippen LogP contribution in [0.15, 0.2) is 54.6 Å². The van der Waals surface area contributed by atoms with Crippen molar-refractivity contribution in [3.8, 4) is 11.1 Å². The Kier molecular flexibility index (Phi) is 4.83. The molecule has 0 aliphatic carbocycles. The van der Waals surface area contributed by atoms with Crippen LogP contribution in [0.4, 0.5) is 0 Å². The standard InChI is InChI=1S/C18H20N2O2/c21-18(17-13-19-9-10-22-17)20-12-14-5-4-8-16(11-14)15-6-2-1-3-7-15/h1-8,11,17,19H,9-10,12-13H2,(H,20,21). The number of ether oxygens (including phenoxy) is 1. The number of carbonyl (C=O) groups is 1.